The van der Waals surface area contributed by atoms with Gasteiger partial charge in [0.2, 0.25) is 5.95 Å². The molecule has 0 unspecified atom stereocenters. The molecule has 0 atom stereocenters. The molecule has 0 amide bonds. The average molecular weight is 313 g/mol. The number of fused-ring (bicyclic) bond motifs is 1. The van der Waals surface area contributed by atoms with Gasteiger partial charge in [-0.3, -0.25) is 0 Å². The number of phenolic OH excluding ortho intramolecular Hbond substituents is 2. The molecule has 118 valence electrons. The standard InChI is InChI=1S/C16H15N3O4/c1-22-12-6-9-10(7-13(12)23-2)18-16(17)19-14(9)8-4-3-5-11(20)15(8)21/h3-7,20-21H,1-2H3,(H2,17,18,19). The molecule has 0 radical (unpaired) electrons. The second-order valence-electron chi connectivity index (χ2n) is 4.83. The summed E-state index contributed by atoms with van der Waals surface area (Å²) >= 11 is 0. The van der Waals surface area contributed by atoms with Gasteiger partial charge in [-0.1, -0.05) is 6.07 Å². The Kier molecular flexibility index (Phi) is 3.53. The lowest BCUT2D eigenvalue weighted by molar-refractivity contribution is 0.356. The SMILES string of the molecule is COc1cc2nc(N)nc(-c3cccc(O)c3O)c2cc1OC. The Labute approximate surface area is 131 Å². The zero-order chi connectivity index (χ0) is 16.6. The lowest BCUT2D eigenvalue weighted by Gasteiger charge is -2.13. The third-order valence-corrected chi connectivity index (χ3v) is 3.49. The van der Waals surface area contributed by atoms with Crippen molar-refractivity contribution < 1.29 is 19.7 Å². The second kappa shape index (κ2) is 5.53. The topological polar surface area (TPSA) is 111 Å². The van der Waals surface area contributed by atoms with Crippen LogP contribution in [0.25, 0.3) is 22.2 Å². The summed E-state index contributed by atoms with van der Waals surface area (Å²) in [6, 6.07) is 8.00. The van der Waals surface area contributed by atoms with E-state index < -0.39 is 0 Å². The van der Waals surface area contributed by atoms with Crippen molar-refractivity contribution in [2.45, 2.75) is 0 Å². The number of nitrogens with zero attached hydrogens (tertiary/aromatic N) is 2. The molecule has 7 heteroatoms. The summed E-state index contributed by atoms with van der Waals surface area (Å²) in [7, 11) is 3.05. The maximum atomic E-state index is 10.1. The van der Waals surface area contributed by atoms with E-state index in [2.05, 4.69) is 9.97 Å². The summed E-state index contributed by atoms with van der Waals surface area (Å²) in [5, 5.41) is 20.4. The highest BCUT2D eigenvalue weighted by atomic mass is 16.5. The smallest absolute Gasteiger partial charge is 0.221 e. The Morgan fingerprint density at radius 3 is 2.39 bits per heavy atom. The highest BCUT2D eigenvalue weighted by molar-refractivity contribution is 5.96. The maximum Gasteiger partial charge on any atom is 0.221 e. The van der Waals surface area contributed by atoms with Gasteiger partial charge >= 0.3 is 0 Å². The Morgan fingerprint density at radius 1 is 1.00 bits per heavy atom. The summed E-state index contributed by atoms with van der Waals surface area (Å²) in [5.74, 6) is 0.524. The molecular weight excluding hydrogens is 298 g/mol. The molecule has 3 aromatic rings. The fourth-order valence-corrected chi connectivity index (χ4v) is 2.40. The highest BCUT2D eigenvalue weighted by Gasteiger charge is 2.17. The zero-order valence-corrected chi connectivity index (χ0v) is 12.6. The van der Waals surface area contributed by atoms with Gasteiger partial charge < -0.3 is 25.4 Å². The number of methoxy groups -OCH3 is 2. The number of anilines is 1. The summed E-state index contributed by atoms with van der Waals surface area (Å²) < 4.78 is 10.6. The van der Waals surface area contributed by atoms with Crippen LogP contribution >= 0.6 is 0 Å². The van der Waals surface area contributed by atoms with Crippen LogP contribution in [-0.4, -0.2) is 34.4 Å². The van der Waals surface area contributed by atoms with Gasteiger partial charge in [0.25, 0.3) is 0 Å². The molecule has 0 aliphatic carbocycles. The molecule has 0 saturated carbocycles. The van der Waals surface area contributed by atoms with Gasteiger partial charge in [0, 0.05) is 17.0 Å². The van der Waals surface area contributed by atoms with Gasteiger partial charge in [-0.15, -0.1) is 0 Å². The first-order valence-corrected chi connectivity index (χ1v) is 6.75. The normalized spacial score (nSPS) is 10.7. The number of hydrogen-bond donors (Lipinski definition) is 3. The number of aromatic hydroxyl groups is 2. The minimum Gasteiger partial charge on any atom is -0.504 e. The quantitative estimate of drug-likeness (QED) is 0.636. The van der Waals surface area contributed by atoms with Crippen molar-refractivity contribution in [3.8, 4) is 34.3 Å². The molecule has 0 aliphatic heterocycles. The van der Waals surface area contributed by atoms with Gasteiger partial charge in [0.15, 0.2) is 23.0 Å². The number of hydrogen-bond acceptors (Lipinski definition) is 7. The van der Waals surface area contributed by atoms with Gasteiger partial charge in [-0.25, -0.2) is 9.97 Å². The van der Waals surface area contributed by atoms with Crippen molar-refractivity contribution in [1.82, 2.24) is 9.97 Å². The van der Waals surface area contributed by atoms with Crippen LogP contribution in [0.15, 0.2) is 30.3 Å². The molecule has 1 heterocycles. The molecule has 4 N–H and O–H groups in total. The average Bonchev–Trinajstić information content (AvgIpc) is 2.55. The van der Waals surface area contributed by atoms with E-state index in [9.17, 15) is 10.2 Å². The summed E-state index contributed by atoms with van der Waals surface area (Å²) in [6.45, 7) is 0. The van der Waals surface area contributed by atoms with Gasteiger partial charge in [-0.05, 0) is 18.2 Å². The van der Waals surface area contributed by atoms with E-state index in [-0.39, 0.29) is 17.4 Å². The van der Waals surface area contributed by atoms with Gasteiger partial charge in [-0.2, -0.15) is 0 Å². The van der Waals surface area contributed by atoms with Crippen LogP contribution in [0.2, 0.25) is 0 Å². The number of nitrogens with two attached hydrogens (primary N) is 1. The van der Waals surface area contributed by atoms with Crippen LogP contribution in [-0.2, 0) is 0 Å². The Bertz CT molecular complexity index is 896. The molecule has 0 spiro atoms. The lowest BCUT2D eigenvalue weighted by Crippen LogP contribution is -2.00. The number of para-hydroxylation sites is 1. The first-order chi connectivity index (χ1) is 11.0. The first kappa shape index (κ1) is 14.7. The van der Waals surface area contributed by atoms with Crippen molar-refractivity contribution in [2.24, 2.45) is 0 Å². The molecule has 2 aromatic carbocycles. The molecule has 0 aliphatic rings. The number of rotatable bonds is 3. The van der Waals surface area contributed by atoms with Gasteiger partial charge in [0.05, 0.1) is 25.4 Å². The van der Waals surface area contributed by atoms with Crippen LogP contribution in [0.3, 0.4) is 0 Å². The van der Waals surface area contributed by atoms with Crippen LogP contribution in [0.5, 0.6) is 23.0 Å². The summed E-state index contributed by atoms with van der Waals surface area (Å²) in [4.78, 5) is 8.39. The summed E-state index contributed by atoms with van der Waals surface area (Å²) in [5.41, 5.74) is 7.04. The summed E-state index contributed by atoms with van der Waals surface area (Å²) in [6.07, 6.45) is 0. The molecule has 0 fully saturated rings. The number of nitrogen functional groups attached to an aromatic ring is 1. The fourth-order valence-electron chi connectivity index (χ4n) is 2.40. The van der Waals surface area contributed by atoms with Crippen molar-refractivity contribution in [1.29, 1.82) is 0 Å². The monoisotopic (exact) mass is 313 g/mol. The molecule has 3 rings (SSSR count). The van der Waals surface area contributed by atoms with Crippen LogP contribution in [0.1, 0.15) is 0 Å². The molecule has 0 bridgehead atoms. The minimum atomic E-state index is -0.276. The highest BCUT2D eigenvalue weighted by Crippen LogP contribution is 2.40. The molecule has 0 saturated heterocycles. The van der Waals surface area contributed by atoms with Crippen LogP contribution < -0.4 is 15.2 Å². The van der Waals surface area contributed by atoms with E-state index in [0.717, 1.165) is 0 Å². The van der Waals surface area contributed by atoms with Gasteiger partial charge in [0.1, 0.15) is 0 Å². The fraction of sp³-hybridized carbons (Fsp3) is 0.125. The minimum absolute atomic E-state index is 0.0439. The third-order valence-electron chi connectivity index (χ3n) is 3.49. The predicted molar refractivity (Wildman–Crippen MR) is 85.8 cm³/mol. The van der Waals surface area contributed by atoms with Crippen molar-refractivity contribution >= 4 is 16.9 Å². The van der Waals surface area contributed by atoms with E-state index in [1.54, 1.807) is 24.3 Å². The molecule has 7 nitrogen and oxygen atoms in total. The van der Waals surface area contributed by atoms with E-state index in [1.807, 2.05) is 0 Å². The van der Waals surface area contributed by atoms with Crippen molar-refractivity contribution in [2.75, 3.05) is 20.0 Å². The first-order valence-electron chi connectivity index (χ1n) is 6.75. The van der Waals surface area contributed by atoms with E-state index in [0.29, 0.717) is 33.7 Å². The lowest BCUT2D eigenvalue weighted by atomic mass is 10.0. The number of benzene rings is 2. The predicted octanol–water partition coefficient (Wildman–Crippen LogP) is 2.31. The molecule has 1 aromatic heterocycles. The maximum absolute atomic E-state index is 10.1. The van der Waals surface area contributed by atoms with E-state index in [1.165, 1.54) is 20.3 Å². The third kappa shape index (κ3) is 2.42. The van der Waals surface area contributed by atoms with Crippen molar-refractivity contribution in [3.05, 3.63) is 30.3 Å². The molecule has 23 heavy (non-hydrogen) atoms. The largest absolute Gasteiger partial charge is 0.504 e. The zero-order valence-electron chi connectivity index (χ0n) is 12.6. The Balaban J connectivity index is 2.38. The number of ether oxygens (including phenoxy) is 2. The van der Waals surface area contributed by atoms with E-state index >= 15 is 0 Å². The van der Waals surface area contributed by atoms with Crippen LogP contribution in [0.4, 0.5) is 5.95 Å². The van der Waals surface area contributed by atoms with E-state index in [4.69, 9.17) is 15.2 Å². The van der Waals surface area contributed by atoms with Crippen molar-refractivity contribution in [3.63, 3.8) is 0 Å². The molecular formula is C16H15N3O4. The number of aromatic nitrogens is 2. The van der Waals surface area contributed by atoms with Crippen LogP contribution in [0, 0.1) is 0 Å². The number of phenols is 2. The second-order valence-corrected chi connectivity index (χ2v) is 4.83. The Hall–Kier alpha value is -3.22. The Morgan fingerprint density at radius 2 is 1.70 bits per heavy atom.